The highest BCUT2D eigenvalue weighted by Gasteiger charge is 2.25. The smallest absolute Gasteiger partial charge is 0.0373 e. The number of benzene rings is 3. The summed E-state index contributed by atoms with van der Waals surface area (Å²) in [5.74, 6) is 0. The Hall–Kier alpha value is -2.58. The van der Waals surface area contributed by atoms with E-state index in [-0.39, 0.29) is 0 Å². The predicted octanol–water partition coefficient (Wildman–Crippen LogP) is 6.62. The van der Waals surface area contributed by atoms with Gasteiger partial charge in [-0.25, -0.2) is 0 Å². The van der Waals surface area contributed by atoms with Crippen LogP contribution in [0.1, 0.15) is 38.7 Å². The Bertz CT molecular complexity index is 929. The minimum Gasteiger partial charge on any atom is -0.369 e. The van der Waals surface area contributed by atoms with Crippen molar-refractivity contribution in [3.8, 4) is 11.1 Å². The van der Waals surface area contributed by atoms with E-state index in [2.05, 4.69) is 109 Å². The molecule has 1 aliphatic rings. The van der Waals surface area contributed by atoms with Gasteiger partial charge >= 0.3 is 0 Å². The molecule has 1 saturated heterocycles. The van der Waals surface area contributed by atoms with E-state index in [0.29, 0.717) is 5.41 Å². The van der Waals surface area contributed by atoms with Crippen molar-refractivity contribution in [3.63, 3.8) is 0 Å². The van der Waals surface area contributed by atoms with E-state index < -0.39 is 0 Å². The van der Waals surface area contributed by atoms with E-state index in [9.17, 15) is 0 Å². The summed E-state index contributed by atoms with van der Waals surface area (Å²) in [5.41, 5.74) is 5.73. The first-order valence-corrected chi connectivity index (χ1v) is 11.9. The van der Waals surface area contributed by atoms with Gasteiger partial charge in [-0.15, -0.1) is 0 Å². The SMILES string of the molecule is CCC(C)(CCCN1CCN(c2cccc(-c3ccccc3)c2)CC1)c1ccccc1. The van der Waals surface area contributed by atoms with E-state index in [1.54, 1.807) is 0 Å². The van der Waals surface area contributed by atoms with Crippen LogP contribution >= 0.6 is 0 Å². The van der Waals surface area contributed by atoms with Crippen molar-refractivity contribution in [3.05, 3.63) is 90.5 Å². The van der Waals surface area contributed by atoms with Crippen LogP contribution in [0.3, 0.4) is 0 Å². The van der Waals surface area contributed by atoms with Gasteiger partial charge < -0.3 is 4.90 Å². The third-order valence-electron chi connectivity index (χ3n) is 7.14. The Morgan fingerprint density at radius 1 is 0.742 bits per heavy atom. The summed E-state index contributed by atoms with van der Waals surface area (Å²) in [5, 5.41) is 0. The molecule has 3 aromatic carbocycles. The van der Waals surface area contributed by atoms with Gasteiger partial charge in [0.1, 0.15) is 0 Å². The van der Waals surface area contributed by atoms with E-state index in [1.165, 1.54) is 48.2 Å². The molecular formula is C29H36N2. The van der Waals surface area contributed by atoms with Crippen molar-refractivity contribution < 1.29 is 0 Å². The predicted molar refractivity (Wildman–Crippen MR) is 134 cm³/mol. The third kappa shape index (κ3) is 5.37. The third-order valence-corrected chi connectivity index (χ3v) is 7.14. The molecule has 2 nitrogen and oxygen atoms in total. The molecule has 4 rings (SSSR count). The maximum atomic E-state index is 2.65. The molecular weight excluding hydrogens is 376 g/mol. The van der Waals surface area contributed by atoms with Crippen LogP contribution in [0.15, 0.2) is 84.9 Å². The fourth-order valence-corrected chi connectivity index (χ4v) is 4.80. The first kappa shape index (κ1) is 21.6. The van der Waals surface area contributed by atoms with Gasteiger partial charge in [0.25, 0.3) is 0 Å². The average Bonchev–Trinajstić information content (AvgIpc) is 2.85. The van der Waals surface area contributed by atoms with Crippen LogP contribution in [-0.4, -0.2) is 37.6 Å². The lowest BCUT2D eigenvalue weighted by molar-refractivity contribution is 0.241. The molecule has 0 bridgehead atoms. The van der Waals surface area contributed by atoms with Crippen molar-refractivity contribution in [2.24, 2.45) is 0 Å². The molecule has 0 amide bonds. The van der Waals surface area contributed by atoms with Crippen molar-refractivity contribution >= 4 is 5.69 Å². The fraction of sp³-hybridized carbons (Fsp3) is 0.379. The lowest BCUT2D eigenvalue weighted by Crippen LogP contribution is -2.46. The summed E-state index contributed by atoms with van der Waals surface area (Å²) in [4.78, 5) is 5.20. The number of nitrogens with zero attached hydrogens (tertiary/aromatic N) is 2. The normalized spacial score (nSPS) is 16.8. The Balaban J connectivity index is 1.29. The van der Waals surface area contributed by atoms with Crippen LogP contribution in [-0.2, 0) is 5.41 Å². The number of anilines is 1. The Morgan fingerprint density at radius 2 is 1.39 bits per heavy atom. The fourth-order valence-electron chi connectivity index (χ4n) is 4.80. The minimum atomic E-state index is 0.293. The Kier molecular flexibility index (Phi) is 7.09. The second-order valence-corrected chi connectivity index (χ2v) is 9.13. The summed E-state index contributed by atoms with van der Waals surface area (Å²) in [6, 6.07) is 30.8. The molecule has 1 heterocycles. The zero-order valence-corrected chi connectivity index (χ0v) is 19.1. The zero-order chi connectivity index (χ0) is 21.5. The topological polar surface area (TPSA) is 6.48 Å². The maximum absolute atomic E-state index is 2.65. The molecule has 1 aliphatic heterocycles. The summed E-state index contributed by atoms with van der Waals surface area (Å²) >= 11 is 0. The lowest BCUT2D eigenvalue weighted by Gasteiger charge is -2.37. The second kappa shape index (κ2) is 10.2. The van der Waals surface area contributed by atoms with Gasteiger partial charge in [-0.2, -0.15) is 0 Å². The molecule has 31 heavy (non-hydrogen) atoms. The van der Waals surface area contributed by atoms with E-state index >= 15 is 0 Å². The quantitative estimate of drug-likeness (QED) is 0.410. The molecule has 0 radical (unpaired) electrons. The maximum Gasteiger partial charge on any atom is 0.0373 e. The van der Waals surface area contributed by atoms with Crippen LogP contribution in [0.5, 0.6) is 0 Å². The van der Waals surface area contributed by atoms with Crippen LogP contribution in [0, 0.1) is 0 Å². The van der Waals surface area contributed by atoms with E-state index in [4.69, 9.17) is 0 Å². The van der Waals surface area contributed by atoms with Gasteiger partial charge in [-0.1, -0.05) is 86.6 Å². The van der Waals surface area contributed by atoms with Crippen LogP contribution < -0.4 is 4.90 Å². The number of piperazine rings is 1. The van der Waals surface area contributed by atoms with Gasteiger partial charge in [-0.3, -0.25) is 4.90 Å². The molecule has 162 valence electrons. The van der Waals surface area contributed by atoms with Crippen molar-refractivity contribution in [1.82, 2.24) is 4.90 Å². The van der Waals surface area contributed by atoms with Crippen LogP contribution in [0.25, 0.3) is 11.1 Å². The van der Waals surface area contributed by atoms with Crippen molar-refractivity contribution in [2.45, 2.75) is 38.5 Å². The molecule has 0 spiro atoms. The Labute approximate surface area is 188 Å². The number of hydrogen-bond donors (Lipinski definition) is 0. The highest BCUT2D eigenvalue weighted by atomic mass is 15.3. The molecule has 0 saturated carbocycles. The first-order chi connectivity index (χ1) is 15.2. The van der Waals surface area contributed by atoms with Gasteiger partial charge in [0.2, 0.25) is 0 Å². The molecule has 1 unspecified atom stereocenters. The van der Waals surface area contributed by atoms with Gasteiger partial charge in [0, 0.05) is 31.9 Å². The summed E-state index contributed by atoms with van der Waals surface area (Å²) in [6.07, 6.45) is 3.72. The van der Waals surface area contributed by atoms with Crippen LogP contribution in [0.4, 0.5) is 5.69 Å². The van der Waals surface area contributed by atoms with Crippen molar-refractivity contribution in [2.75, 3.05) is 37.6 Å². The standard InChI is InChI=1S/C29H36N2/c1-3-29(2,27-15-8-5-9-16-27)18-11-19-30-20-22-31(23-21-30)28-17-10-14-26(24-28)25-12-6-4-7-13-25/h4-10,12-17,24H,3,11,18-23H2,1-2H3. The molecule has 0 aromatic heterocycles. The molecule has 0 aliphatic carbocycles. The molecule has 2 heteroatoms. The van der Waals surface area contributed by atoms with Crippen LogP contribution in [0.2, 0.25) is 0 Å². The lowest BCUT2D eigenvalue weighted by atomic mass is 9.76. The second-order valence-electron chi connectivity index (χ2n) is 9.13. The highest BCUT2D eigenvalue weighted by molar-refractivity contribution is 5.68. The first-order valence-electron chi connectivity index (χ1n) is 11.9. The number of rotatable bonds is 8. The van der Waals surface area contributed by atoms with E-state index in [0.717, 1.165) is 26.2 Å². The summed E-state index contributed by atoms with van der Waals surface area (Å²) in [7, 11) is 0. The van der Waals surface area contributed by atoms with Gasteiger partial charge in [-0.05, 0) is 60.0 Å². The Morgan fingerprint density at radius 3 is 2.06 bits per heavy atom. The van der Waals surface area contributed by atoms with Gasteiger partial charge in [0.05, 0.1) is 0 Å². The van der Waals surface area contributed by atoms with Gasteiger partial charge in [0.15, 0.2) is 0 Å². The van der Waals surface area contributed by atoms with E-state index in [1.807, 2.05) is 0 Å². The summed E-state index contributed by atoms with van der Waals surface area (Å²) in [6.45, 7) is 10.5. The molecule has 3 aromatic rings. The zero-order valence-electron chi connectivity index (χ0n) is 19.1. The minimum absolute atomic E-state index is 0.293. The largest absolute Gasteiger partial charge is 0.369 e. The molecule has 0 N–H and O–H groups in total. The molecule has 1 fully saturated rings. The number of hydrogen-bond acceptors (Lipinski definition) is 2. The molecule has 1 atom stereocenters. The highest BCUT2D eigenvalue weighted by Crippen LogP contribution is 2.32. The average molecular weight is 413 g/mol. The monoisotopic (exact) mass is 412 g/mol. The van der Waals surface area contributed by atoms with Crippen molar-refractivity contribution in [1.29, 1.82) is 0 Å². The summed E-state index contributed by atoms with van der Waals surface area (Å²) < 4.78 is 0.